The molecule has 1 aliphatic rings. The number of amidine groups is 2. The lowest BCUT2D eigenvalue weighted by atomic mass is 10.1. The molecular formula is C18H15N5O. The van der Waals surface area contributed by atoms with Crippen molar-refractivity contribution in [3.8, 4) is 6.07 Å². The van der Waals surface area contributed by atoms with Crippen LogP contribution in [0, 0.1) is 17.2 Å². The highest BCUT2D eigenvalue weighted by Gasteiger charge is 2.29. The van der Waals surface area contributed by atoms with Gasteiger partial charge in [-0.15, -0.1) is 0 Å². The summed E-state index contributed by atoms with van der Waals surface area (Å²) < 4.78 is 0. The number of rotatable bonds is 4. The van der Waals surface area contributed by atoms with Gasteiger partial charge in [-0.05, 0) is 17.2 Å². The molecule has 0 saturated carbocycles. The van der Waals surface area contributed by atoms with E-state index < -0.39 is 5.92 Å². The van der Waals surface area contributed by atoms with E-state index in [1.165, 1.54) is 0 Å². The lowest BCUT2D eigenvalue weighted by Crippen LogP contribution is -2.44. The monoisotopic (exact) mass is 317 g/mol. The van der Waals surface area contributed by atoms with Gasteiger partial charge in [0.05, 0.1) is 12.6 Å². The second-order valence-corrected chi connectivity index (χ2v) is 5.31. The average Bonchev–Trinajstić information content (AvgIpc) is 2.61. The van der Waals surface area contributed by atoms with Crippen molar-refractivity contribution in [1.82, 2.24) is 10.3 Å². The quantitative estimate of drug-likeness (QED) is 0.933. The fourth-order valence-electron chi connectivity index (χ4n) is 2.34. The van der Waals surface area contributed by atoms with Gasteiger partial charge in [-0.2, -0.15) is 5.26 Å². The van der Waals surface area contributed by atoms with Crippen molar-refractivity contribution >= 4 is 17.6 Å². The van der Waals surface area contributed by atoms with Crippen LogP contribution in [0.4, 0.5) is 0 Å². The van der Waals surface area contributed by atoms with Crippen LogP contribution in [0.25, 0.3) is 0 Å². The van der Waals surface area contributed by atoms with E-state index >= 15 is 0 Å². The van der Waals surface area contributed by atoms with Crippen molar-refractivity contribution in [2.24, 2.45) is 15.9 Å². The molecule has 0 bridgehead atoms. The number of aromatic nitrogens is 1. The number of hydrogen-bond donors (Lipinski definition) is 1. The maximum absolute atomic E-state index is 12.1. The highest BCUT2D eigenvalue weighted by atomic mass is 16.2. The van der Waals surface area contributed by atoms with Crippen LogP contribution in [0.15, 0.2) is 64.8 Å². The van der Waals surface area contributed by atoms with Crippen LogP contribution in [-0.2, 0) is 17.8 Å². The van der Waals surface area contributed by atoms with Crippen LogP contribution in [0.1, 0.15) is 11.1 Å². The number of hydrogen-bond acceptors (Lipinski definition) is 4. The van der Waals surface area contributed by atoms with Crippen molar-refractivity contribution in [1.29, 1.82) is 5.26 Å². The Morgan fingerprint density at radius 1 is 1.17 bits per heavy atom. The molecule has 118 valence electrons. The minimum Gasteiger partial charge on any atom is -0.312 e. The molecule has 1 amide bonds. The maximum Gasteiger partial charge on any atom is 0.250 e. The zero-order valence-electron chi connectivity index (χ0n) is 12.9. The van der Waals surface area contributed by atoms with E-state index in [1.807, 2.05) is 48.5 Å². The minimum absolute atomic E-state index is 0.246. The van der Waals surface area contributed by atoms with Crippen molar-refractivity contribution in [2.45, 2.75) is 13.0 Å². The van der Waals surface area contributed by atoms with Crippen molar-refractivity contribution in [3.05, 3.63) is 66.0 Å². The Kier molecular flexibility index (Phi) is 4.73. The first kappa shape index (κ1) is 15.6. The van der Waals surface area contributed by atoms with Gasteiger partial charge in [-0.25, -0.2) is 4.99 Å². The smallest absolute Gasteiger partial charge is 0.250 e. The number of benzene rings is 1. The van der Waals surface area contributed by atoms with Gasteiger partial charge >= 0.3 is 0 Å². The Labute approximate surface area is 139 Å². The molecule has 0 spiro atoms. The number of nitrogens with one attached hydrogen (secondary N) is 1. The van der Waals surface area contributed by atoms with Gasteiger partial charge in [0.2, 0.25) is 5.91 Å². The van der Waals surface area contributed by atoms with Crippen LogP contribution in [0.2, 0.25) is 0 Å². The molecule has 1 aromatic heterocycles. The molecule has 0 radical (unpaired) electrons. The Balaban J connectivity index is 1.84. The second-order valence-electron chi connectivity index (χ2n) is 5.31. The van der Waals surface area contributed by atoms with Crippen molar-refractivity contribution in [2.75, 3.05) is 0 Å². The molecule has 0 saturated heterocycles. The van der Waals surface area contributed by atoms with Crippen LogP contribution in [0.5, 0.6) is 0 Å². The summed E-state index contributed by atoms with van der Waals surface area (Å²) in [6.07, 6.45) is 3.86. The summed E-state index contributed by atoms with van der Waals surface area (Å²) in [7, 11) is 0. The topological polar surface area (TPSA) is 90.5 Å². The zero-order chi connectivity index (χ0) is 16.8. The summed E-state index contributed by atoms with van der Waals surface area (Å²) in [6.45, 7) is 0.330. The Morgan fingerprint density at radius 3 is 2.67 bits per heavy atom. The van der Waals surface area contributed by atoms with Crippen LogP contribution in [0.3, 0.4) is 0 Å². The molecule has 1 aliphatic heterocycles. The predicted octanol–water partition coefficient (Wildman–Crippen LogP) is 1.89. The number of nitrogens with zero attached hydrogens (tertiary/aromatic N) is 4. The zero-order valence-corrected chi connectivity index (χ0v) is 12.9. The third-order valence-electron chi connectivity index (χ3n) is 3.53. The SMILES string of the molecule is N#CC1C(=O)NC(Cc2ccccc2)=NC1=NCc1cccnc1. The fraction of sp³-hybridized carbons (Fsp3) is 0.167. The number of aliphatic imine (C=N–C) groups is 2. The van der Waals surface area contributed by atoms with Gasteiger partial charge in [-0.1, -0.05) is 36.4 Å². The summed E-state index contributed by atoms with van der Waals surface area (Å²) in [6, 6.07) is 15.4. The molecule has 1 aromatic carbocycles. The third-order valence-corrected chi connectivity index (χ3v) is 3.53. The van der Waals surface area contributed by atoms with Gasteiger partial charge in [-0.3, -0.25) is 14.8 Å². The van der Waals surface area contributed by atoms with Gasteiger partial charge in [0.1, 0.15) is 5.84 Å². The Morgan fingerprint density at radius 2 is 1.96 bits per heavy atom. The molecule has 1 atom stereocenters. The first-order valence-corrected chi connectivity index (χ1v) is 7.51. The molecule has 2 aromatic rings. The van der Waals surface area contributed by atoms with Gasteiger partial charge in [0.15, 0.2) is 11.8 Å². The summed E-state index contributed by atoms with van der Waals surface area (Å²) in [5.74, 6) is -0.622. The van der Waals surface area contributed by atoms with Crippen molar-refractivity contribution in [3.63, 3.8) is 0 Å². The molecule has 24 heavy (non-hydrogen) atoms. The number of pyridine rings is 1. The Hall–Kier alpha value is -3.33. The van der Waals surface area contributed by atoms with Crippen LogP contribution in [-0.4, -0.2) is 22.6 Å². The van der Waals surface area contributed by atoms with Crippen LogP contribution < -0.4 is 5.32 Å². The third kappa shape index (κ3) is 3.70. The van der Waals surface area contributed by atoms with Gasteiger partial charge in [0, 0.05) is 18.8 Å². The molecule has 2 heterocycles. The van der Waals surface area contributed by atoms with Gasteiger partial charge < -0.3 is 5.32 Å². The number of carbonyl (C=O) groups is 1. The lowest BCUT2D eigenvalue weighted by Gasteiger charge is -2.18. The summed E-state index contributed by atoms with van der Waals surface area (Å²) in [5.41, 5.74) is 1.92. The normalized spacial score (nSPS) is 18.6. The molecule has 1 N–H and O–H groups in total. The van der Waals surface area contributed by atoms with Crippen LogP contribution >= 0.6 is 0 Å². The number of nitriles is 1. The van der Waals surface area contributed by atoms with Crippen molar-refractivity contribution < 1.29 is 4.79 Å². The largest absolute Gasteiger partial charge is 0.312 e. The highest BCUT2D eigenvalue weighted by molar-refractivity contribution is 6.19. The average molecular weight is 317 g/mol. The summed E-state index contributed by atoms with van der Waals surface area (Å²) in [5, 5.41) is 11.9. The maximum atomic E-state index is 12.1. The first-order chi connectivity index (χ1) is 11.8. The minimum atomic E-state index is -0.985. The number of amides is 1. The molecule has 1 unspecified atom stereocenters. The highest BCUT2D eigenvalue weighted by Crippen LogP contribution is 2.11. The lowest BCUT2D eigenvalue weighted by molar-refractivity contribution is -0.120. The summed E-state index contributed by atoms with van der Waals surface area (Å²) in [4.78, 5) is 24.9. The van der Waals surface area contributed by atoms with E-state index in [0.29, 0.717) is 18.8 Å². The second kappa shape index (κ2) is 7.29. The van der Waals surface area contributed by atoms with E-state index in [9.17, 15) is 10.1 Å². The van der Waals surface area contributed by atoms with E-state index in [1.54, 1.807) is 12.4 Å². The number of carbonyl (C=O) groups excluding carboxylic acids is 1. The molecular weight excluding hydrogens is 302 g/mol. The molecule has 6 nitrogen and oxygen atoms in total. The Bertz CT molecular complexity index is 821. The van der Waals surface area contributed by atoms with E-state index in [2.05, 4.69) is 20.3 Å². The summed E-state index contributed by atoms with van der Waals surface area (Å²) >= 11 is 0. The standard InChI is InChI=1S/C18H15N5O/c19-10-15-17(21-12-14-7-4-8-20-11-14)22-16(23-18(15)24)9-13-5-2-1-3-6-13/h1-8,11,15H,9,12H2,(H,21,22,23,24). The van der Waals surface area contributed by atoms with Gasteiger partial charge in [0.25, 0.3) is 0 Å². The van der Waals surface area contributed by atoms with E-state index in [0.717, 1.165) is 11.1 Å². The van der Waals surface area contributed by atoms with E-state index in [-0.39, 0.29) is 11.7 Å². The predicted molar refractivity (Wildman–Crippen MR) is 90.2 cm³/mol. The first-order valence-electron chi connectivity index (χ1n) is 7.51. The molecule has 3 rings (SSSR count). The van der Waals surface area contributed by atoms with E-state index in [4.69, 9.17) is 0 Å². The molecule has 6 heteroatoms. The molecule has 0 aliphatic carbocycles. The molecule has 0 fully saturated rings. The fourth-order valence-corrected chi connectivity index (χ4v) is 2.34.